The lowest BCUT2D eigenvalue weighted by molar-refractivity contribution is 0.0951. The number of carbonyl (C=O) groups excluding carboxylic acids is 1. The largest absolute Gasteiger partial charge is 0.384 e. The highest BCUT2D eigenvalue weighted by Crippen LogP contribution is 2.20. The van der Waals surface area contributed by atoms with Crippen LogP contribution in [-0.2, 0) is 9.84 Å². The third kappa shape index (κ3) is 3.47. The van der Waals surface area contributed by atoms with Crippen LogP contribution in [0.5, 0.6) is 0 Å². The van der Waals surface area contributed by atoms with Gasteiger partial charge >= 0.3 is 0 Å². The van der Waals surface area contributed by atoms with Gasteiger partial charge in [0.15, 0.2) is 9.84 Å². The van der Waals surface area contributed by atoms with E-state index in [4.69, 9.17) is 0 Å². The van der Waals surface area contributed by atoms with Gasteiger partial charge in [-0.15, -0.1) is 0 Å². The monoisotopic (exact) mass is 297 g/mol. The van der Waals surface area contributed by atoms with Crippen molar-refractivity contribution in [3.05, 3.63) is 24.0 Å². The Morgan fingerprint density at radius 1 is 1.50 bits per heavy atom. The van der Waals surface area contributed by atoms with Gasteiger partial charge in [-0.25, -0.2) is 8.42 Å². The second-order valence-corrected chi connectivity index (χ2v) is 7.20. The highest BCUT2D eigenvalue weighted by atomic mass is 32.2. The van der Waals surface area contributed by atoms with Crippen LogP contribution >= 0.6 is 0 Å². The number of nitrogens with one attached hydrogen (secondary N) is 2. The van der Waals surface area contributed by atoms with Gasteiger partial charge in [-0.2, -0.15) is 0 Å². The number of aromatic nitrogens is 1. The molecule has 1 saturated heterocycles. The van der Waals surface area contributed by atoms with E-state index in [9.17, 15) is 13.2 Å². The summed E-state index contributed by atoms with van der Waals surface area (Å²) in [7, 11) is -2.95. The van der Waals surface area contributed by atoms with E-state index in [2.05, 4.69) is 15.6 Å². The van der Waals surface area contributed by atoms with Crippen LogP contribution < -0.4 is 10.6 Å². The van der Waals surface area contributed by atoms with Crippen molar-refractivity contribution in [2.24, 2.45) is 0 Å². The summed E-state index contributed by atoms with van der Waals surface area (Å²) in [6.45, 7) is 2.75. The Morgan fingerprint density at radius 2 is 2.30 bits per heavy atom. The predicted octanol–water partition coefficient (Wildman–Crippen LogP) is 0.820. The molecule has 0 radical (unpaired) electrons. The number of amides is 1. The highest BCUT2D eigenvalue weighted by Gasteiger charge is 2.30. The van der Waals surface area contributed by atoms with Gasteiger partial charge in [0.25, 0.3) is 5.91 Å². The van der Waals surface area contributed by atoms with Crippen LogP contribution in [0.2, 0.25) is 0 Å². The van der Waals surface area contributed by atoms with Crippen LogP contribution in [-0.4, -0.2) is 43.4 Å². The van der Waals surface area contributed by atoms with Crippen molar-refractivity contribution in [2.75, 3.05) is 24.2 Å². The normalized spacial score (nSPS) is 20.6. The van der Waals surface area contributed by atoms with Crippen LogP contribution in [0, 0.1) is 0 Å². The lowest BCUT2D eigenvalue weighted by Crippen LogP contribution is -2.26. The summed E-state index contributed by atoms with van der Waals surface area (Å²) in [4.78, 5) is 15.7. The van der Waals surface area contributed by atoms with Gasteiger partial charge in [0.1, 0.15) is 5.69 Å². The van der Waals surface area contributed by atoms with Crippen molar-refractivity contribution < 1.29 is 13.2 Å². The highest BCUT2D eigenvalue weighted by molar-refractivity contribution is 7.92. The Morgan fingerprint density at radius 3 is 2.95 bits per heavy atom. The Hall–Kier alpha value is -1.63. The van der Waals surface area contributed by atoms with Crippen LogP contribution in [0.4, 0.5) is 5.69 Å². The molecule has 0 bridgehead atoms. The minimum absolute atomic E-state index is 0.232. The molecule has 1 unspecified atom stereocenters. The summed E-state index contributed by atoms with van der Waals surface area (Å²) in [6, 6.07) is 3.36. The minimum Gasteiger partial charge on any atom is -0.384 e. The van der Waals surface area contributed by atoms with E-state index >= 15 is 0 Å². The average Bonchev–Trinajstić information content (AvgIpc) is 2.76. The summed E-state index contributed by atoms with van der Waals surface area (Å²) in [6.07, 6.45) is 2.97. The predicted molar refractivity (Wildman–Crippen MR) is 77.5 cm³/mol. The molecule has 20 heavy (non-hydrogen) atoms. The molecule has 2 N–H and O–H groups in total. The molecule has 2 rings (SSSR count). The zero-order chi connectivity index (χ0) is 14.6. The molecule has 1 fully saturated rings. The number of hydrogen-bond donors (Lipinski definition) is 2. The molecule has 0 aromatic carbocycles. The van der Waals surface area contributed by atoms with E-state index in [1.165, 1.54) is 6.20 Å². The van der Waals surface area contributed by atoms with Crippen LogP contribution in [0.15, 0.2) is 18.3 Å². The van der Waals surface area contributed by atoms with Crippen molar-refractivity contribution in [1.82, 2.24) is 10.3 Å². The molecule has 0 spiro atoms. The maximum absolute atomic E-state index is 11.7. The van der Waals surface area contributed by atoms with Crippen molar-refractivity contribution in [2.45, 2.75) is 25.0 Å². The van der Waals surface area contributed by atoms with Gasteiger partial charge < -0.3 is 10.6 Å². The maximum atomic E-state index is 11.7. The zero-order valence-electron chi connectivity index (χ0n) is 11.4. The van der Waals surface area contributed by atoms with E-state index in [1.54, 1.807) is 12.1 Å². The van der Waals surface area contributed by atoms with Crippen LogP contribution in [0.25, 0.3) is 0 Å². The average molecular weight is 297 g/mol. The maximum Gasteiger partial charge on any atom is 0.269 e. The Kier molecular flexibility index (Phi) is 4.59. The number of nitrogens with zero attached hydrogens (tertiary/aromatic N) is 1. The van der Waals surface area contributed by atoms with Crippen molar-refractivity contribution in [3.63, 3.8) is 0 Å². The standard InChI is InChI=1S/C13H19N3O3S/c1-2-14-13(17)12-8-10(5-6-15-12)16-9-11-4-3-7-20(11,18)19/h5-6,8,11H,2-4,7,9H2,1H3,(H,14,17)(H,15,16). The third-order valence-corrected chi connectivity index (χ3v) is 5.60. The second kappa shape index (κ2) is 6.21. The van der Waals surface area contributed by atoms with Gasteiger partial charge in [0.2, 0.25) is 0 Å². The molecule has 1 aromatic rings. The molecule has 2 heterocycles. The van der Waals surface area contributed by atoms with Gasteiger partial charge in [0.05, 0.1) is 11.0 Å². The van der Waals surface area contributed by atoms with Crippen molar-refractivity contribution in [3.8, 4) is 0 Å². The fourth-order valence-corrected chi connectivity index (χ4v) is 4.00. The number of sulfone groups is 1. The number of carbonyl (C=O) groups is 1. The first kappa shape index (κ1) is 14.8. The van der Waals surface area contributed by atoms with Gasteiger partial charge in [-0.05, 0) is 31.9 Å². The van der Waals surface area contributed by atoms with E-state index in [0.29, 0.717) is 30.9 Å². The smallest absolute Gasteiger partial charge is 0.269 e. The summed E-state index contributed by atoms with van der Waals surface area (Å²) < 4.78 is 23.5. The van der Waals surface area contributed by atoms with E-state index in [1.807, 2.05) is 6.92 Å². The lowest BCUT2D eigenvalue weighted by atomic mass is 10.2. The van der Waals surface area contributed by atoms with Crippen molar-refractivity contribution >= 4 is 21.4 Å². The van der Waals surface area contributed by atoms with Gasteiger partial charge in [-0.3, -0.25) is 9.78 Å². The molecule has 0 aliphatic carbocycles. The topological polar surface area (TPSA) is 88.2 Å². The Labute approximate surface area is 118 Å². The molecular formula is C13H19N3O3S. The molecule has 6 nitrogen and oxygen atoms in total. The second-order valence-electron chi connectivity index (χ2n) is 4.80. The number of rotatable bonds is 5. The van der Waals surface area contributed by atoms with Gasteiger partial charge in [-0.1, -0.05) is 0 Å². The molecule has 1 aliphatic rings. The first-order chi connectivity index (χ1) is 9.53. The molecule has 7 heteroatoms. The summed E-state index contributed by atoms with van der Waals surface area (Å²) in [5.41, 5.74) is 1.04. The quantitative estimate of drug-likeness (QED) is 0.840. The third-order valence-electron chi connectivity index (χ3n) is 3.33. The summed E-state index contributed by atoms with van der Waals surface area (Å²) in [5, 5.41) is 5.42. The van der Waals surface area contributed by atoms with E-state index < -0.39 is 9.84 Å². The van der Waals surface area contributed by atoms with E-state index in [0.717, 1.165) is 6.42 Å². The summed E-state index contributed by atoms with van der Waals surface area (Å²) >= 11 is 0. The van der Waals surface area contributed by atoms with Crippen LogP contribution in [0.3, 0.4) is 0 Å². The van der Waals surface area contributed by atoms with E-state index in [-0.39, 0.29) is 16.9 Å². The summed E-state index contributed by atoms with van der Waals surface area (Å²) in [5.74, 6) is 0.0458. The molecule has 1 aromatic heterocycles. The van der Waals surface area contributed by atoms with Gasteiger partial charge in [0, 0.05) is 25.0 Å². The Bertz CT molecular complexity index is 586. The van der Waals surface area contributed by atoms with Crippen LogP contribution in [0.1, 0.15) is 30.3 Å². The SMILES string of the molecule is CCNC(=O)c1cc(NCC2CCCS2(=O)=O)ccn1. The first-order valence-corrected chi connectivity index (χ1v) is 8.44. The number of anilines is 1. The zero-order valence-corrected chi connectivity index (χ0v) is 12.2. The number of pyridine rings is 1. The molecule has 1 aliphatic heterocycles. The lowest BCUT2D eigenvalue weighted by Gasteiger charge is -2.12. The minimum atomic E-state index is -2.95. The fraction of sp³-hybridized carbons (Fsp3) is 0.538. The molecule has 0 saturated carbocycles. The molecular weight excluding hydrogens is 278 g/mol. The molecule has 1 atom stereocenters. The molecule has 110 valence electrons. The Balaban J connectivity index is 2.00. The first-order valence-electron chi connectivity index (χ1n) is 6.72. The van der Waals surface area contributed by atoms with Crippen molar-refractivity contribution in [1.29, 1.82) is 0 Å². The fourth-order valence-electron chi connectivity index (χ4n) is 2.23. The molecule has 1 amide bonds. The number of hydrogen-bond acceptors (Lipinski definition) is 5.